The number of hydrogen-bond donors (Lipinski definition) is 0. The van der Waals surface area contributed by atoms with Gasteiger partial charge in [0, 0.05) is 5.54 Å². The summed E-state index contributed by atoms with van der Waals surface area (Å²) in [5.74, 6) is 1.75. The van der Waals surface area contributed by atoms with Gasteiger partial charge in [0.15, 0.2) is 17.4 Å². The molecule has 0 saturated heterocycles. The first-order valence-electron chi connectivity index (χ1n) is 11.5. The Hall–Kier alpha value is -1.09. The number of ether oxygens (including phenoxy) is 1. The minimum Gasteiger partial charge on any atom is -0.488 e. The summed E-state index contributed by atoms with van der Waals surface area (Å²) in [6.45, 7) is 2.25. The molecule has 0 aliphatic heterocycles. The Labute approximate surface area is 179 Å². The highest BCUT2D eigenvalue weighted by Gasteiger charge is 2.30. The van der Waals surface area contributed by atoms with Crippen molar-refractivity contribution < 1.29 is 13.5 Å². The quantitative estimate of drug-likeness (QED) is 0.410. The van der Waals surface area contributed by atoms with Crippen LogP contribution in [0.25, 0.3) is 0 Å². The van der Waals surface area contributed by atoms with Gasteiger partial charge in [0.25, 0.3) is 0 Å². The third-order valence-electron chi connectivity index (χ3n) is 7.07. The van der Waals surface area contributed by atoms with Gasteiger partial charge >= 0.3 is 0 Å². The zero-order chi connectivity index (χ0) is 20.6. The zero-order valence-corrected chi connectivity index (χ0v) is 18.4. The van der Waals surface area contributed by atoms with E-state index in [1.54, 1.807) is 5.54 Å². The molecule has 3 rings (SSSR count). The van der Waals surface area contributed by atoms with Crippen molar-refractivity contribution in [2.24, 2.45) is 23.7 Å². The van der Waals surface area contributed by atoms with Crippen LogP contribution in [0.4, 0.5) is 8.78 Å². The summed E-state index contributed by atoms with van der Waals surface area (Å²) < 4.78 is 33.5. The first kappa shape index (κ1) is 22.6. The lowest BCUT2D eigenvalue weighted by Gasteiger charge is -2.37. The maximum Gasteiger partial charge on any atom is 0.190 e. The lowest BCUT2D eigenvalue weighted by molar-refractivity contribution is 0.152. The average molecular weight is 425 g/mol. The molecule has 4 heteroatoms. The van der Waals surface area contributed by atoms with Crippen LogP contribution in [-0.2, 0) is 6.42 Å². The fourth-order valence-electron chi connectivity index (χ4n) is 5.33. The van der Waals surface area contributed by atoms with Gasteiger partial charge in [-0.25, -0.2) is 8.78 Å². The van der Waals surface area contributed by atoms with Crippen LogP contribution >= 0.6 is 11.6 Å². The predicted octanol–water partition coefficient (Wildman–Crippen LogP) is 8.05. The van der Waals surface area contributed by atoms with Gasteiger partial charge in [0.1, 0.15) is 0 Å². The lowest BCUT2D eigenvalue weighted by Crippen LogP contribution is -2.25. The van der Waals surface area contributed by atoms with Gasteiger partial charge < -0.3 is 4.74 Å². The van der Waals surface area contributed by atoms with E-state index in [0.29, 0.717) is 18.4 Å². The van der Waals surface area contributed by atoms with Crippen LogP contribution in [-0.4, -0.2) is 6.61 Å². The van der Waals surface area contributed by atoms with Gasteiger partial charge in [-0.1, -0.05) is 37.4 Å². The molecule has 1 aromatic rings. The molecule has 0 N–H and O–H groups in total. The molecule has 1 nitrogen and oxygen atoms in total. The van der Waals surface area contributed by atoms with E-state index in [2.05, 4.69) is 6.08 Å². The molecule has 0 amide bonds. The number of halogens is 3. The summed E-state index contributed by atoms with van der Waals surface area (Å²) in [6.07, 6.45) is 15.0. The number of hydrogen-bond acceptors (Lipinski definition) is 1. The first-order valence-corrected chi connectivity index (χ1v) is 11.9. The Morgan fingerprint density at radius 3 is 2.10 bits per heavy atom. The van der Waals surface area contributed by atoms with E-state index < -0.39 is 11.6 Å². The summed E-state index contributed by atoms with van der Waals surface area (Å²) >= 11 is 5.73. The molecule has 0 radical (unpaired) electrons. The molecule has 1 aromatic carbocycles. The van der Waals surface area contributed by atoms with E-state index in [1.165, 1.54) is 63.5 Å². The maximum absolute atomic E-state index is 14.2. The van der Waals surface area contributed by atoms with Gasteiger partial charge in [-0.05, 0) is 99.2 Å². The molecular formula is C25H35ClF2O. The Balaban J connectivity index is 1.42. The van der Waals surface area contributed by atoms with Crippen molar-refractivity contribution in [2.45, 2.75) is 77.6 Å². The molecule has 2 aliphatic rings. The zero-order valence-electron chi connectivity index (χ0n) is 17.6. The van der Waals surface area contributed by atoms with Crippen LogP contribution in [0.2, 0.25) is 0 Å². The minimum atomic E-state index is -0.572. The van der Waals surface area contributed by atoms with E-state index in [4.69, 9.17) is 16.3 Å². The maximum atomic E-state index is 14.2. The van der Waals surface area contributed by atoms with Crippen LogP contribution in [0.1, 0.15) is 76.7 Å². The molecule has 0 bridgehead atoms. The van der Waals surface area contributed by atoms with Crippen LogP contribution < -0.4 is 4.74 Å². The van der Waals surface area contributed by atoms with Crippen molar-refractivity contribution in [3.8, 4) is 5.75 Å². The van der Waals surface area contributed by atoms with Gasteiger partial charge in [-0.2, -0.15) is 0 Å². The molecular weight excluding hydrogens is 390 g/mol. The smallest absolute Gasteiger partial charge is 0.190 e. The molecule has 2 saturated carbocycles. The van der Waals surface area contributed by atoms with E-state index >= 15 is 0 Å². The molecule has 2 aliphatic carbocycles. The molecule has 0 unspecified atom stereocenters. The molecule has 0 spiro atoms. The van der Waals surface area contributed by atoms with Crippen molar-refractivity contribution in [2.75, 3.05) is 6.61 Å². The summed E-state index contributed by atoms with van der Waals surface area (Å²) in [5, 5.41) is 0. The molecule has 162 valence electrons. The molecule has 0 heterocycles. The van der Waals surface area contributed by atoms with Crippen molar-refractivity contribution in [3.05, 3.63) is 40.9 Å². The van der Waals surface area contributed by atoms with Gasteiger partial charge in [-0.15, -0.1) is 0 Å². The normalized spacial score (nSPS) is 28.0. The van der Waals surface area contributed by atoms with Gasteiger partial charge in [0.2, 0.25) is 0 Å². The standard InChI is InChI=1S/C25H35ClF2O/c1-2-15-29-25-23(27)16-20(17-24(25)28)4-3-18-5-9-21(10-6-18)22-11-7-19(8-12-22)13-14-26/h13-14,16-19,21-22H,2-12,15H2,1H3. The van der Waals surface area contributed by atoms with Crippen molar-refractivity contribution in [3.63, 3.8) is 0 Å². The first-order chi connectivity index (χ1) is 14.1. The van der Waals surface area contributed by atoms with E-state index in [0.717, 1.165) is 36.7 Å². The highest BCUT2D eigenvalue weighted by atomic mass is 35.5. The van der Waals surface area contributed by atoms with Crippen LogP contribution in [0.15, 0.2) is 23.7 Å². The van der Waals surface area contributed by atoms with Gasteiger partial charge in [0.05, 0.1) is 6.61 Å². The van der Waals surface area contributed by atoms with E-state index in [-0.39, 0.29) is 5.75 Å². The highest BCUT2D eigenvalue weighted by molar-refractivity contribution is 6.25. The topological polar surface area (TPSA) is 9.23 Å². The van der Waals surface area contributed by atoms with Crippen molar-refractivity contribution in [1.82, 2.24) is 0 Å². The van der Waals surface area contributed by atoms with Crippen molar-refractivity contribution >= 4 is 11.6 Å². The molecule has 29 heavy (non-hydrogen) atoms. The van der Waals surface area contributed by atoms with Crippen LogP contribution in [0.3, 0.4) is 0 Å². The summed E-state index contributed by atoms with van der Waals surface area (Å²) in [4.78, 5) is 0. The van der Waals surface area contributed by atoms with E-state index in [1.807, 2.05) is 6.92 Å². The largest absolute Gasteiger partial charge is 0.488 e. The number of allylic oxidation sites excluding steroid dienone is 1. The van der Waals surface area contributed by atoms with E-state index in [9.17, 15) is 8.78 Å². The highest BCUT2D eigenvalue weighted by Crippen LogP contribution is 2.42. The van der Waals surface area contributed by atoms with Gasteiger partial charge in [-0.3, -0.25) is 0 Å². The number of rotatable bonds is 8. The minimum absolute atomic E-state index is 0.229. The molecule has 0 aromatic heterocycles. The fourth-order valence-corrected chi connectivity index (χ4v) is 5.54. The second-order valence-electron chi connectivity index (χ2n) is 9.05. The SMILES string of the molecule is CCCOc1c(F)cc(CCC2CCC(C3CCC(C=CCl)CC3)CC2)cc1F. The number of benzene rings is 1. The average Bonchev–Trinajstić information content (AvgIpc) is 2.73. The fraction of sp³-hybridized carbons (Fsp3) is 0.680. The second-order valence-corrected chi connectivity index (χ2v) is 9.30. The Morgan fingerprint density at radius 2 is 1.55 bits per heavy atom. The van der Waals surface area contributed by atoms with Crippen LogP contribution in [0.5, 0.6) is 5.75 Å². The Kier molecular flexibility index (Phi) is 8.84. The third-order valence-corrected chi connectivity index (χ3v) is 7.21. The molecule has 0 atom stereocenters. The van der Waals surface area contributed by atoms with Crippen molar-refractivity contribution in [1.29, 1.82) is 0 Å². The monoisotopic (exact) mass is 424 g/mol. The summed E-state index contributed by atoms with van der Waals surface area (Å²) in [6, 6.07) is 2.90. The summed E-state index contributed by atoms with van der Waals surface area (Å²) in [5.41, 5.74) is 2.43. The Morgan fingerprint density at radius 1 is 0.966 bits per heavy atom. The number of aryl methyl sites for hydroxylation is 1. The van der Waals surface area contributed by atoms with Crippen LogP contribution in [0, 0.1) is 35.3 Å². The predicted molar refractivity (Wildman–Crippen MR) is 116 cm³/mol. The Bertz CT molecular complexity index is 636. The summed E-state index contributed by atoms with van der Waals surface area (Å²) in [7, 11) is 0. The molecule has 2 fully saturated rings. The lowest BCUT2D eigenvalue weighted by atomic mass is 9.68. The third kappa shape index (κ3) is 6.44. The second kappa shape index (κ2) is 11.3.